The van der Waals surface area contributed by atoms with Crippen LogP contribution in [0.4, 0.5) is 0 Å². The summed E-state index contributed by atoms with van der Waals surface area (Å²) in [6.45, 7) is 1.32. The standard InChI is InChI=1S/C17H24ClNO/c18-12-13-19(14-16-8-2-1-3-9-16)17(20)11-10-15-6-4-5-7-15/h1-3,8-9,15H,4-7,10-14H2. The number of carbonyl (C=O) groups excluding carboxylic acids is 1. The molecule has 1 aromatic carbocycles. The maximum Gasteiger partial charge on any atom is 0.222 e. The normalized spacial score (nSPS) is 15.4. The molecule has 1 aromatic rings. The fourth-order valence-electron chi connectivity index (χ4n) is 2.98. The van der Waals surface area contributed by atoms with Crippen LogP contribution in [0.25, 0.3) is 0 Å². The van der Waals surface area contributed by atoms with Gasteiger partial charge in [-0.3, -0.25) is 4.79 Å². The monoisotopic (exact) mass is 293 g/mol. The minimum absolute atomic E-state index is 0.251. The first kappa shape index (κ1) is 15.4. The second-order valence-corrected chi connectivity index (χ2v) is 6.06. The van der Waals surface area contributed by atoms with Crippen molar-refractivity contribution in [3.05, 3.63) is 35.9 Å². The molecule has 0 aromatic heterocycles. The van der Waals surface area contributed by atoms with E-state index >= 15 is 0 Å². The fourth-order valence-corrected chi connectivity index (χ4v) is 3.19. The van der Waals surface area contributed by atoms with Gasteiger partial charge in [0.1, 0.15) is 0 Å². The summed E-state index contributed by atoms with van der Waals surface area (Å²) in [6.07, 6.45) is 7.02. The van der Waals surface area contributed by atoms with Gasteiger partial charge in [0.25, 0.3) is 0 Å². The van der Waals surface area contributed by atoms with E-state index < -0.39 is 0 Å². The van der Waals surface area contributed by atoms with Crippen LogP contribution in [0, 0.1) is 5.92 Å². The number of halogens is 1. The molecule has 1 aliphatic carbocycles. The smallest absolute Gasteiger partial charge is 0.222 e. The summed E-state index contributed by atoms with van der Waals surface area (Å²) in [5.74, 6) is 1.53. The predicted octanol–water partition coefficient (Wildman–Crippen LogP) is 4.22. The van der Waals surface area contributed by atoms with Gasteiger partial charge in [0.05, 0.1) is 0 Å². The Morgan fingerprint density at radius 3 is 2.55 bits per heavy atom. The highest BCUT2D eigenvalue weighted by Crippen LogP contribution is 2.28. The Morgan fingerprint density at radius 2 is 1.90 bits per heavy atom. The molecule has 2 rings (SSSR count). The molecule has 0 spiro atoms. The highest BCUT2D eigenvalue weighted by Gasteiger charge is 2.19. The summed E-state index contributed by atoms with van der Waals surface area (Å²) in [5.41, 5.74) is 1.17. The third kappa shape index (κ3) is 4.82. The summed E-state index contributed by atoms with van der Waals surface area (Å²) < 4.78 is 0. The summed E-state index contributed by atoms with van der Waals surface area (Å²) in [4.78, 5) is 14.3. The number of rotatable bonds is 7. The largest absolute Gasteiger partial charge is 0.337 e. The first-order chi connectivity index (χ1) is 9.79. The Hall–Kier alpha value is -1.02. The lowest BCUT2D eigenvalue weighted by molar-refractivity contribution is -0.131. The van der Waals surface area contributed by atoms with Gasteiger partial charge in [0.2, 0.25) is 5.91 Å². The van der Waals surface area contributed by atoms with Crippen LogP contribution in [-0.4, -0.2) is 23.2 Å². The van der Waals surface area contributed by atoms with Crippen LogP contribution in [0.15, 0.2) is 30.3 Å². The van der Waals surface area contributed by atoms with Crippen molar-refractivity contribution < 1.29 is 4.79 Å². The molecule has 0 bridgehead atoms. The van der Waals surface area contributed by atoms with E-state index in [0.717, 1.165) is 12.3 Å². The SMILES string of the molecule is O=C(CCC1CCCC1)N(CCCl)Cc1ccccc1. The van der Waals surface area contributed by atoms with Gasteiger partial charge in [-0.15, -0.1) is 11.6 Å². The molecule has 1 saturated carbocycles. The van der Waals surface area contributed by atoms with Crippen LogP contribution >= 0.6 is 11.6 Å². The van der Waals surface area contributed by atoms with Gasteiger partial charge in [-0.05, 0) is 17.9 Å². The van der Waals surface area contributed by atoms with Crippen molar-refractivity contribution in [3.63, 3.8) is 0 Å². The Labute approximate surface area is 127 Å². The zero-order valence-corrected chi connectivity index (χ0v) is 12.8. The van der Waals surface area contributed by atoms with Crippen LogP contribution in [0.3, 0.4) is 0 Å². The second-order valence-electron chi connectivity index (χ2n) is 5.68. The van der Waals surface area contributed by atoms with Crippen LogP contribution in [0.1, 0.15) is 44.1 Å². The molecule has 3 heteroatoms. The van der Waals surface area contributed by atoms with Crippen molar-refractivity contribution in [2.45, 2.75) is 45.1 Å². The van der Waals surface area contributed by atoms with E-state index in [1.54, 1.807) is 0 Å². The molecule has 0 heterocycles. The van der Waals surface area contributed by atoms with Crippen molar-refractivity contribution in [1.29, 1.82) is 0 Å². The zero-order valence-electron chi connectivity index (χ0n) is 12.1. The Morgan fingerprint density at radius 1 is 1.20 bits per heavy atom. The van der Waals surface area contributed by atoms with Gasteiger partial charge in [0.15, 0.2) is 0 Å². The zero-order chi connectivity index (χ0) is 14.2. The van der Waals surface area contributed by atoms with Crippen LogP contribution < -0.4 is 0 Å². The van der Waals surface area contributed by atoms with E-state index in [1.165, 1.54) is 31.2 Å². The molecule has 0 N–H and O–H groups in total. The molecule has 2 nitrogen and oxygen atoms in total. The van der Waals surface area contributed by atoms with Gasteiger partial charge >= 0.3 is 0 Å². The van der Waals surface area contributed by atoms with E-state index in [4.69, 9.17) is 11.6 Å². The lowest BCUT2D eigenvalue weighted by atomic mass is 10.0. The van der Waals surface area contributed by atoms with E-state index in [2.05, 4.69) is 12.1 Å². The topological polar surface area (TPSA) is 20.3 Å². The van der Waals surface area contributed by atoms with Crippen LogP contribution in [-0.2, 0) is 11.3 Å². The molecule has 0 radical (unpaired) electrons. The molecule has 0 saturated heterocycles. The molecular weight excluding hydrogens is 270 g/mol. The summed E-state index contributed by atoms with van der Waals surface area (Å²) in [7, 11) is 0. The lowest BCUT2D eigenvalue weighted by Gasteiger charge is -2.22. The Bertz CT molecular complexity index is 401. The number of benzene rings is 1. The molecule has 0 unspecified atom stereocenters. The Kier molecular flexibility index (Phi) is 6.38. The van der Waals surface area contributed by atoms with Gasteiger partial charge < -0.3 is 4.90 Å². The molecule has 1 amide bonds. The van der Waals surface area contributed by atoms with E-state index in [1.807, 2.05) is 23.1 Å². The third-order valence-electron chi connectivity index (χ3n) is 4.16. The van der Waals surface area contributed by atoms with Crippen molar-refractivity contribution in [2.24, 2.45) is 5.92 Å². The van der Waals surface area contributed by atoms with E-state index in [0.29, 0.717) is 25.4 Å². The van der Waals surface area contributed by atoms with Gasteiger partial charge in [-0.2, -0.15) is 0 Å². The molecule has 20 heavy (non-hydrogen) atoms. The molecule has 0 aliphatic heterocycles. The summed E-state index contributed by atoms with van der Waals surface area (Å²) in [6, 6.07) is 10.1. The number of carbonyl (C=O) groups is 1. The van der Waals surface area contributed by atoms with Crippen LogP contribution in [0.5, 0.6) is 0 Å². The minimum atomic E-state index is 0.251. The van der Waals surface area contributed by atoms with Gasteiger partial charge in [-0.25, -0.2) is 0 Å². The summed E-state index contributed by atoms with van der Waals surface area (Å²) >= 11 is 5.84. The average Bonchev–Trinajstić information content (AvgIpc) is 2.99. The highest BCUT2D eigenvalue weighted by molar-refractivity contribution is 6.18. The fraction of sp³-hybridized carbons (Fsp3) is 0.588. The molecule has 0 atom stereocenters. The van der Waals surface area contributed by atoms with Gasteiger partial charge in [0, 0.05) is 25.4 Å². The quantitative estimate of drug-likeness (QED) is 0.689. The average molecular weight is 294 g/mol. The van der Waals surface area contributed by atoms with Crippen molar-refractivity contribution >= 4 is 17.5 Å². The second kappa shape index (κ2) is 8.31. The maximum atomic E-state index is 12.4. The van der Waals surface area contributed by atoms with Crippen molar-refractivity contribution in [1.82, 2.24) is 4.90 Å². The highest BCUT2D eigenvalue weighted by atomic mass is 35.5. The molecule has 110 valence electrons. The summed E-state index contributed by atoms with van der Waals surface area (Å²) in [5, 5.41) is 0. The van der Waals surface area contributed by atoms with Crippen molar-refractivity contribution in [3.8, 4) is 0 Å². The molecule has 1 aliphatic rings. The predicted molar refractivity (Wildman–Crippen MR) is 83.8 cm³/mol. The number of alkyl halides is 1. The number of hydrogen-bond donors (Lipinski definition) is 0. The first-order valence-electron chi connectivity index (χ1n) is 7.67. The van der Waals surface area contributed by atoms with E-state index in [9.17, 15) is 4.79 Å². The maximum absolute atomic E-state index is 12.4. The van der Waals surface area contributed by atoms with Crippen LogP contribution in [0.2, 0.25) is 0 Å². The lowest BCUT2D eigenvalue weighted by Crippen LogP contribution is -2.32. The minimum Gasteiger partial charge on any atom is -0.337 e. The first-order valence-corrected chi connectivity index (χ1v) is 8.20. The van der Waals surface area contributed by atoms with E-state index in [-0.39, 0.29) is 5.91 Å². The number of hydrogen-bond acceptors (Lipinski definition) is 1. The number of nitrogens with zero attached hydrogens (tertiary/aromatic N) is 1. The third-order valence-corrected chi connectivity index (χ3v) is 4.33. The molecule has 1 fully saturated rings. The Balaban J connectivity index is 1.84. The number of amides is 1. The molecular formula is C17H24ClNO. The van der Waals surface area contributed by atoms with Crippen molar-refractivity contribution in [2.75, 3.05) is 12.4 Å². The van der Waals surface area contributed by atoms with Gasteiger partial charge in [-0.1, -0.05) is 56.0 Å².